The normalized spacial score (nSPS) is 13.2. The Labute approximate surface area is 402 Å². The SMILES string of the molecule is Cc1ccccc1-c1c(-c2ccccc2)n2c3c(ccc(CN(c4ccccc4)c4ccccc4)c13)-c1cc(C(C)(C)C)cc3c1B2c1cc(C(C)(C)C)cc2c4cc(C(C)(C)C)ccc4n-3c12. The number of hydrogen-bond acceptors (Lipinski definition) is 1. The summed E-state index contributed by atoms with van der Waals surface area (Å²) in [6, 6.07) is 64.7. The second-order valence-corrected chi connectivity index (χ2v) is 22.7. The maximum absolute atomic E-state index is 2.81. The van der Waals surface area contributed by atoms with Crippen LogP contribution in [-0.2, 0) is 22.8 Å². The van der Waals surface area contributed by atoms with E-state index in [1.165, 1.54) is 122 Å². The van der Waals surface area contributed by atoms with E-state index in [1.807, 2.05) is 0 Å². The Hall–Kier alpha value is -7.04. The predicted octanol–water partition coefficient (Wildman–Crippen LogP) is 15.6. The molecule has 12 rings (SSSR count). The van der Waals surface area contributed by atoms with E-state index in [4.69, 9.17) is 0 Å². The maximum Gasteiger partial charge on any atom is 0.333 e. The Bertz CT molecular complexity index is 3610. The van der Waals surface area contributed by atoms with Gasteiger partial charge in [0, 0.05) is 62.1 Å². The number of aromatic nitrogens is 2. The summed E-state index contributed by atoms with van der Waals surface area (Å²) in [5, 5.41) is 3.99. The summed E-state index contributed by atoms with van der Waals surface area (Å²) in [7, 11) is 0. The first-order chi connectivity index (χ1) is 32.6. The molecule has 2 aromatic heterocycles. The summed E-state index contributed by atoms with van der Waals surface area (Å²) < 4.78 is 5.47. The highest BCUT2D eigenvalue weighted by atomic mass is 15.1. The average molecular weight is 882 g/mol. The van der Waals surface area contributed by atoms with Crippen molar-refractivity contribution in [1.82, 2.24) is 9.05 Å². The van der Waals surface area contributed by atoms with Gasteiger partial charge in [0.2, 0.25) is 0 Å². The van der Waals surface area contributed by atoms with Crippen LogP contribution in [0.1, 0.15) is 90.1 Å². The van der Waals surface area contributed by atoms with Crippen molar-refractivity contribution in [3.05, 3.63) is 198 Å². The molecule has 0 saturated heterocycles. The zero-order chi connectivity index (χ0) is 47.0. The maximum atomic E-state index is 2.81. The van der Waals surface area contributed by atoms with E-state index in [-0.39, 0.29) is 23.1 Å². The third-order valence-corrected chi connectivity index (χ3v) is 15.2. The summed E-state index contributed by atoms with van der Waals surface area (Å²) in [6.45, 7) is 24.2. The molecule has 0 spiro atoms. The molecule has 0 saturated carbocycles. The van der Waals surface area contributed by atoms with Gasteiger partial charge < -0.3 is 13.9 Å². The zero-order valence-electron chi connectivity index (χ0n) is 41.3. The molecule has 0 bridgehead atoms. The van der Waals surface area contributed by atoms with Crippen LogP contribution in [-0.4, -0.2) is 15.9 Å². The van der Waals surface area contributed by atoms with Gasteiger partial charge in [-0.2, -0.15) is 0 Å². The first kappa shape index (κ1) is 42.3. The first-order valence-electron chi connectivity index (χ1n) is 24.6. The number of rotatable bonds is 6. The number of hydrogen-bond donors (Lipinski definition) is 0. The van der Waals surface area contributed by atoms with Gasteiger partial charge >= 0.3 is 6.85 Å². The minimum absolute atomic E-state index is 0.00640. The molecular weight excluding hydrogens is 822 g/mol. The highest BCUT2D eigenvalue weighted by Crippen LogP contribution is 2.51. The van der Waals surface area contributed by atoms with Gasteiger partial charge in [-0.3, -0.25) is 0 Å². The fourth-order valence-corrected chi connectivity index (χ4v) is 11.6. The molecule has 8 aromatic carbocycles. The molecule has 0 radical (unpaired) electrons. The minimum atomic E-state index is -0.102. The molecule has 0 fully saturated rings. The van der Waals surface area contributed by atoms with Crippen molar-refractivity contribution in [2.24, 2.45) is 0 Å². The van der Waals surface area contributed by atoms with Gasteiger partial charge in [-0.15, -0.1) is 0 Å². The summed E-state index contributed by atoms with van der Waals surface area (Å²) in [5.74, 6) is 0. The zero-order valence-corrected chi connectivity index (χ0v) is 41.3. The number of fused-ring (bicyclic) bond motifs is 7. The Morgan fingerprint density at radius 1 is 0.500 bits per heavy atom. The van der Waals surface area contributed by atoms with E-state index in [1.54, 1.807) is 0 Å². The second kappa shape index (κ2) is 15.0. The quantitative estimate of drug-likeness (QED) is 0.152. The molecule has 334 valence electrons. The summed E-state index contributed by atoms with van der Waals surface area (Å²) >= 11 is 0. The largest absolute Gasteiger partial charge is 0.375 e. The number of aryl methyl sites for hydroxylation is 1. The lowest BCUT2D eigenvalue weighted by Gasteiger charge is -2.37. The van der Waals surface area contributed by atoms with Crippen molar-refractivity contribution < 1.29 is 0 Å². The summed E-state index contributed by atoms with van der Waals surface area (Å²) in [4.78, 5) is 2.49. The van der Waals surface area contributed by atoms with Crippen LogP contribution in [0.2, 0.25) is 0 Å². The monoisotopic (exact) mass is 881 g/mol. The fraction of sp³-hybridized carbons (Fsp3) is 0.219. The van der Waals surface area contributed by atoms with Crippen molar-refractivity contribution in [2.75, 3.05) is 4.90 Å². The van der Waals surface area contributed by atoms with Crippen molar-refractivity contribution in [2.45, 2.75) is 92.0 Å². The molecule has 4 heteroatoms. The van der Waals surface area contributed by atoms with Crippen LogP contribution >= 0.6 is 0 Å². The highest BCUT2D eigenvalue weighted by molar-refractivity contribution is 6.90. The molecule has 0 amide bonds. The molecule has 0 unspecified atom stereocenters. The van der Waals surface area contributed by atoms with Crippen LogP contribution in [0.5, 0.6) is 0 Å². The lowest BCUT2D eigenvalue weighted by atomic mass is 9.45. The van der Waals surface area contributed by atoms with E-state index >= 15 is 0 Å². The molecule has 10 aromatic rings. The second-order valence-electron chi connectivity index (χ2n) is 22.7. The molecule has 2 aliphatic rings. The van der Waals surface area contributed by atoms with Gasteiger partial charge in [0.25, 0.3) is 0 Å². The van der Waals surface area contributed by atoms with Crippen LogP contribution < -0.4 is 15.8 Å². The fourth-order valence-electron chi connectivity index (χ4n) is 11.6. The Morgan fingerprint density at radius 2 is 1.09 bits per heavy atom. The first-order valence-corrected chi connectivity index (χ1v) is 24.6. The van der Waals surface area contributed by atoms with Crippen molar-refractivity contribution >= 4 is 61.9 Å². The standard InChI is InChI=1S/C64H60BN3/c1-40-22-20-21-29-48(40)57-56-42(39-66(46-25-16-12-17-26-46)47-27-18-13-19-28-47)30-32-49-51-35-45(64(8,9)10)38-55-58(51)65(68(61(49)56)59(57)41-23-14-11-15-24-41)53-37-44(63(5,6)7)36-52-50-34-43(62(2,3)4)31-33-54(50)67(55)60(52)53/h11-38H,39H2,1-10H3. The van der Waals surface area contributed by atoms with Crippen LogP contribution in [0.25, 0.3) is 71.9 Å². The third kappa shape index (κ3) is 6.40. The number of anilines is 2. The van der Waals surface area contributed by atoms with E-state index < -0.39 is 0 Å². The lowest BCUT2D eigenvalue weighted by Crippen LogP contribution is -2.56. The van der Waals surface area contributed by atoms with Crippen molar-refractivity contribution in [3.63, 3.8) is 0 Å². The summed E-state index contributed by atoms with van der Waals surface area (Å²) in [6.07, 6.45) is 0. The van der Waals surface area contributed by atoms with Crippen molar-refractivity contribution in [1.29, 1.82) is 0 Å². The van der Waals surface area contributed by atoms with Crippen molar-refractivity contribution in [3.8, 4) is 39.2 Å². The molecule has 0 aliphatic carbocycles. The highest BCUT2D eigenvalue weighted by Gasteiger charge is 2.45. The van der Waals surface area contributed by atoms with Crippen LogP contribution in [0.4, 0.5) is 11.4 Å². The van der Waals surface area contributed by atoms with Crippen LogP contribution in [0, 0.1) is 6.92 Å². The Kier molecular flexibility index (Phi) is 9.33. The molecule has 0 N–H and O–H groups in total. The number of para-hydroxylation sites is 2. The van der Waals surface area contributed by atoms with Crippen LogP contribution in [0.15, 0.2) is 170 Å². The van der Waals surface area contributed by atoms with Crippen LogP contribution in [0.3, 0.4) is 0 Å². The molecular formula is C64H60BN3. The van der Waals surface area contributed by atoms with Gasteiger partial charge in [0.1, 0.15) is 0 Å². The molecule has 68 heavy (non-hydrogen) atoms. The molecule has 0 atom stereocenters. The Balaban J connectivity index is 1.29. The van der Waals surface area contributed by atoms with E-state index in [0.717, 1.165) is 0 Å². The topological polar surface area (TPSA) is 13.1 Å². The minimum Gasteiger partial charge on any atom is -0.375 e. The molecule has 3 nitrogen and oxygen atoms in total. The average Bonchev–Trinajstić information content (AvgIpc) is 3.85. The van der Waals surface area contributed by atoms with Gasteiger partial charge in [-0.05, 0) is 127 Å². The van der Waals surface area contributed by atoms with Gasteiger partial charge in [-0.1, -0.05) is 184 Å². The number of benzene rings is 8. The number of nitrogens with zero attached hydrogens (tertiary/aromatic N) is 3. The predicted molar refractivity (Wildman–Crippen MR) is 293 cm³/mol. The molecule has 2 aliphatic heterocycles. The van der Waals surface area contributed by atoms with E-state index in [9.17, 15) is 0 Å². The van der Waals surface area contributed by atoms with Gasteiger partial charge in [0.15, 0.2) is 0 Å². The lowest BCUT2D eigenvalue weighted by molar-refractivity contribution is 0.590. The van der Waals surface area contributed by atoms with E-state index in [2.05, 4.69) is 253 Å². The molecule has 4 heterocycles. The Morgan fingerprint density at radius 3 is 1.72 bits per heavy atom. The third-order valence-electron chi connectivity index (χ3n) is 15.2. The van der Waals surface area contributed by atoms with Gasteiger partial charge in [0.05, 0.1) is 11.0 Å². The summed E-state index contributed by atoms with van der Waals surface area (Å²) in [5.41, 5.74) is 24.5. The smallest absolute Gasteiger partial charge is 0.333 e. The van der Waals surface area contributed by atoms with E-state index in [0.29, 0.717) is 6.54 Å². The van der Waals surface area contributed by atoms with Gasteiger partial charge in [-0.25, -0.2) is 0 Å².